The van der Waals surface area contributed by atoms with E-state index in [9.17, 15) is 0 Å². The van der Waals surface area contributed by atoms with Gasteiger partial charge in [0.05, 0.1) is 19.2 Å². The van der Waals surface area contributed by atoms with Gasteiger partial charge in [0.25, 0.3) is 0 Å². The predicted octanol–water partition coefficient (Wildman–Crippen LogP) is 3.92. The summed E-state index contributed by atoms with van der Waals surface area (Å²) in [4.78, 5) is 4.43. The Morgan fingerprint density at radius 3 is 2.76 bits per heavy atom. The number of aromatic nitrogens is 1. The number of hydrogen-bond donors (Lipinski definition) is 1. The van der Waals surface area contributed by atoms with E-state index >= 15 is 0 Å². The molecule has 4 heteroatoms. The molecule has 2 N–H and O–H groups in total. The largest absolute Gasteiger partial charge is 0.497 e. The van der Waals surface area contributed by atoms with Crippen LogP contribution >= 0.6 is 0 Å². The topological polar surface area (TPSA) is 57.4 Å². The van der Waals surface area contributed by atoms with Crippen molar-refractivity contribution in [2.24, 2.45) is 0 Å². The molecule has 0 saturated carbocycles. The summed E-state index contributed by atoms with van der Waals surface area (Å²) in [5, 5.41) is 1.05. The van der Waals surface area contributed by atoms with Crippen molar-refractivity contribution < 1.29 is 9.47 Å². The number of rotatable bonds is 8. The van der Waals surface area contributed by atoms with Crippen LogP contribution in [0.25, 0.3) is 10.9 Å². The minimum atomic E-state index is 0.521. The molecule has 0 fully saturated rings. The maximum Gasteiger partial charge on any atom is 0.129 e. The lowest BCUT2D eigenvalue weighted by Crippen LogP contribution is -2.02. The summed E-state index contributed by atoms with van der Waals surface area (Å²) in [6, 6.07) is 7.85. The molecule has 114 valence electrons. The number of ether oxygens (including phenoxy) is 2. The molecule has 2 rings (SSSR count). The van der Waals surface area contributed by atoms with E-state index in [2.05, 4.69) is 11.9 Å². The van der Waals surface area contributed by atoms with Gasteiger partial charge in [0.2, 0.25) is 0 Å². The van der Waals surface area contributed by atoms with Crippen LogP contribution in [0.1, 0.15) is 38.2 Å². The van der Waals surface area contributed by atoms with E-state index in [0.29, 0.717) is 12.4 Å². The number of unbranched alkanes of at least 4 members (excludes halogenated alkanes) is 3. The Bertz CT molecular complexity index is 584. The molecule has 0 atom stereocenters. The van der Waals surface area contributed by atoms with Gasteiger partial charge in [0.15, 0.2) is 0 Å². The fourth-order valence-electron chi connectivity index (χ4n) is 2.26. The van der Waals surface area contributed by atoms with Gasteiger partial charge in [0.1, 0.15) is 11.6 Å². The van der Waals surface area contributed by atoms with Gasteiger partial charge in [-0.2, -0.15) is 0 Å². The highest BCUT2D eigenvalue weighted by Gasteiger charge is 2.05. The summed E-state index contributed by atoms with van der Waals surface area (Å²) >= 11 is 0. The zero-order valence-electron chi connectivity index (χ0n) is 12.9. The molecule has 1 heterocycles. The van der Waals surface area contributed by atoms with Gasteiger partial charge in [-0.25, -0.2) is 4.98 Å². The molecule has 1 aromatic heterocycles. The summed E-state index contributed by atoms with van der Waals surface area (Å²) in [7, 11) is 1.64. The smallest absolute Gasteiger partial charge is 0.129 e. The van der Waals surface area contributed by atoms with Gasteiger partial charge < -0.3 is 15.2 Å². The number of benzene rings is 1. The minimum Gasteiger partial charge on any atom is -0.497 e. The molecule has 0 aliphatic heterocycles. The van der Waals surface area contributed by atoms with Crippen molar-refractivity contribution in [3.05, 3.63) is 29.8 Å². The second kappa shape index (κ2) is 7.84. The summed E-state index contributed by atoms with van der Waals surface area (Å²) < 4.78 is 10.9. The van der Waals surface area contributed by atoms with Crippen LogP contribution in [0, 0.1) is 0 Å². The van der Waals surface area contributed by atoms with Crippen LogP contribution in [0.2, 0.25) is 0 Å². The van der Waals surface area contributed by atoms with Gasteiger partial charge in [-0.15, -0.1) is 0 Å². The van der Waals surface area contributed by atoms with Crippen molar-refractivity contribution in [3.8, 4) is 5.75 Å². The average molecular weight is 288 g/mol. The minimum absolute atomic E-state index is 0.521. The Morgan fingerprint density at radius 2 is 2.00 bits per heavy atom. The first-order valence-electron chi connectivity index (χ1n) is 7.55. The number of nitrogens with two attached hydrogens (primary N) is 1. The SMILES string of the molecule is CCCCCCOCc1cc2ccc(OC)cc2nc1N. The van der Waals surface area contributed by atoms with E-state index in [1.165, 1.54) is 19.3 Å². The number of nitrogen functional groups attached to an aromatic ring is 1. The summed E-state index contributed by atoms with van der Waals surface area (Å²) in [6.07, 6.45) is 4.84. The Hall–Kier alpha value is -1.81. The summed E-state index contributed by atoms with van der Waals surface area (Å²) in [5.41, 5.74) is 7.80. The molecule has 0 amide bonds. The number of pyridine rings is 1. The fourth-order valence-corrected chi connectivity index (χ4v) is 2.26. The first-order valence-corrected chi connectivity index (χ1v) is 7.55. The summed E-state index contributed by atoms with van der Waals surface area (Å²) in [6.45, 7) is 3.50. The highest BCUT2D eigenvalue weighted by molar-refractivity contribution is 5.82. The van der Waals surface area contributed by atoms with Gasteiger partial charge >= 0.3 is 0 Å². The average Bonchev–Trinajstić information content (AvgIpc) is 2.50. The number of hydrogen-bond acceptors (Lipinski definition) is 4. The van der Waals surface area contributed by atoms with E-state index in [1.54, 1.807) is 7.11 Å². The van der Waals surface area contributed by atoms with Crippen LogP contribution in [0.15, 0.2) is 24.3 Å². The van der Waals surface area contributed by atoms with E-state index < -0.39 is 0 Å². The van der Waals surface area contributed by atoms with Crippen LogP contribution in [0.4, 0.5) is 5.82 Å². The maximum atomic E-state index is 6.01. The standard InChI is InChI=1S/C17H24N2O2/c1-3-4-5-6-9-21-12-14-10-13-7-8-15(20-2)11-16(13)19-17(14)18/h7-8,10-11H,3-6,9,12H2,1-2H3,(H2,18,19). The monoisotopic (exact) mass is 288 g/mol. The highest BCUT2D eigenvalue weighted by atomic mass is 16.5. The van der Waals surface area contributed by atoms with E-state index in [0.717, 1.165) is 35.2 Å². The van der Waals surface area contributed by atoms with Crippen molar-refractivity contribution in [1.82, 2.24) is 4.98 Å². The molecule has 4 nitrogen and oxygen atoms in total. The number of fused-ring (bicyclic) bond motifs is 1. The molecule has 0 aliphatic rings. The van der Waals surface area contributed by atoms with Gasteiger partial charge in [-0.05, 0) is 24.6 Å². The molecule has 0 spiro atoms. The van der Waals surface area contributed by atoms with Crippen molar-refractivity contribution in [1.29, 1.82) is 0 Å². The second-order valence-corrected chi connectivity index (χ2v) is 5.20. The number of nitrogens with zero attached hydrogens (tertiary/aromatic N) is 1. The molecular weight excluding hydrogens is 264 g/mol. The molecule has 21 heavy (non-hydrogen) atoms. The Balaban J connectivity index is 1.98. The Labute approximate surface area is 126 Å². The molecule has 0 aliphatic carbocycles. The zero-order valence-corrected chi connectivity index (χ0v) is 12.9. The highest BCUT2D eigenvalue weighted by Crippen LogP contribution is 2.23. The van der Waals surface area contributed by atoms with Crippen molar-refractivity contribution in [2.45, 2.75) is 39.2 Å². The molecule has 0 saturated heterocycles. The van der Waals surface area contributed by atoms with Gasteiger partial charge in [-0.1, -0.05) is 26.2 Å². The lowest BCUT2D eigenvalue weighted by Gasteiger charge is -2.09. The fraction of sp³-hybridized carbons (Fsp3) is 0.471. The second-order valence-electron chi connectivity index (χ2n) is 5.20. The lowest BCUT2D eigenvalue weighted by atomic mass is 10.1. The van der Waals surface area contributed by atoms with E-state index in [4.69, 9.17) is 15.2 Å². The third-order valence-electron chi connectivity index (χ3n) is 3.54. The molecule has 0 unspecified atom stereocenters. The Morgan fingerprint density at radius 1 is 1.14 bits per heavy atom. The van der Waals surface area contributed by atoms with Crippen LogP contribution in [0.5, 0.6) is 5.75 Å². The predicted molar refractivity (Wildman–Crippen MR) is 86.5 cm³/mol. The number of methoxy groups -OCH3 is 1. The van der Waals surface area contributed by atoms with Crippen LogP contribution in [-0.2, 0) is 11.3 Å². The molecule has 0 bridgehead atoms. The first-order chi connectivity index (χ1) is 10.2. The third-order valence-corrected chi connectivity index (χ3v) is 3.54. The lowest BCUT2D eigenvalue weighted by molar-refractivity contribution is 0.117. The van der Waals surface area contributed by atoms with Crippen molar-refractivity contribution in [3.63, 3.8) is 0 Å². The third kappa shape index (κ3) is 4.33. The normalized spacial score (nSPS) is 11.0. The zero-order chi connectivity index (χ0) is 15.1. The van der Waals surface area contributed by atoms with Crippen LogP contribution < -0.4 is 10.5 Å². The van der Waals surface area contributed by atoms with Crippen molar-refractivity contribution in [2.75, 3.05) is 19.5 Å². The summed E-state index contributed by atoms with van der Waals surface area (Å²) in [5.74, 6) is 1.32. The van der Waals surface area contributed by atoms with Crippen LogP contribution in [0.3, 0.4) is 0 Å². The molecule has 0 radical (unpaired) electrons. The van der Waals surface area contributed by atoms with E-state index in [1.807, 2.05) is 24.3 Å². The molecular formula is C17H24N2O2. The van der Waals surface area contributed by atoms with Gasteiger partial charge in [-0.3, -0.25) is 0 Å². The molecule has 1 aromatic carbocycles. The first kappa shape index (κ1) is 15.6. The van der Waals surface area contributed by atoms with Gasteiger partial charge in [0, 0.05) is 23.6 Å². The van der Waals surface area contributed by atoms with Crippen LogP contribution in [-0.4, -0.2) is 18.7 Å². The Kier molecular flexibility index (Phi) is 5.81. The molecule has 2 aromatic rings. The maximum absolute atomic E-state index is 6.01. The number of anilines is 1. The van der Waals surface area contributed by atoms with Crippen molar-refractivity contribution >= 4 is 16.7 Å². The quantitative estimate of drug-likeness (QED) is 0.748. The van der Waals surface area contributed by atoms with E-state index in [-0.39, 0.29) is 0 Å².